The van der Waals surface area contributed by atoms with Crippen molar-refractivity contribution >= 4 is 5.97 Å². The van der Waals surface area contributed by atoms with Gasteiger partial charge in [-0.15, -0.1) is 11.8 Å². The summed E-state index contributed by atoms with van der Waals surface area (Å²) in [6.07, 6.45) is 16.4. The van der Waals surface area contributed by atoms with Gasteiger partial charge in [-0.25, -0.2) is 0 Å². The molecule has 1 N–H and O–H groups in total. The lowest BCUT2D eigenvalue weighted by Gasteiger charge is -2.01. The molecule has 0 aromatic heterocycles. The molecule has 0 heterocycles. The summed E-state index contributed by atoms with van der Waals surface area (Å²) in [5.41, 5.74) is 1.47. The van der Waals surface area contributed by atoms with E-state index in [1.54, 1.807) is 0 Å². The molecule has 1 aliphatic carbocycles. The van der Waals surface area contributed by atoms with Crippen LogP contribution < -0.4 is 0 Å². The summed E-state index contributed by atoms with van der Waals surface area (Å²) < 4.78 is 0. The molecule has 0 aliphatic heterocycles. The maximum absolute atomic E-state index is 9.76. The SMILES string of the molecule is C(=C\C1CCCC1)/CCCc1ccccc1.CC#CC.CCCCC(=O)O. The Morgan fingerprint density at radius 2 is 1.74 bits per heavy atom. The largest absolute Gasteiger partial charge is 0.481 e. The predicted molar refractivity (Wildman–Crippen MR) is 117 cm³/mol. The molecule has 0 unspecified atom stereocenters. The summed E-state index contributed by atoms with van der Waals surface area (Å²) in [7, 11) is 0. The molecule has 1 saturated carbocycles. The van der Waals surface area contributed by atoms with E-state index in [2.05, 4.69) is 54.3 Å². The zero-order chi connectivity index (χ0) is 20.2. The van der Waals surface area contributed by atoms with Crippen molar-refractivity contribution < 1.29 is 9.90 Å². The number of aryl methyl sites for hydroxylation is 1. The highest BCUT2D eigenvalue weighted by molar-refractivity contribution is 5.66. The Kier molecular flexibility index (Phi) is 17.4. The molecular weight excluding hydrogens is 332 g/mol. The molecule has 1 fully saturated rings. The molecule has 150 valence electrons. The van der Waals surface area contributed by atoms with Crippen LogP contribution in [0, 0.1) is 17.8 Å². The van der Waals surface area contributed by atoms with Crippen molar-refractivity contribution in [2.24, 2.45) is 5.92 Å². The third kappa shape index (κ3) is 17.2. The van der Waals surface area contributed by atoms with E-state index < -0.39 is 5.97 Å². The van der Waals surface area contributed by atoms with Crippen LogP contribution in [-0.2, 0) is 11.2 Å². The van der Waals surface area contributed by atoms with Crippen molar-refractivity contribution in [3.05, 3.63) is 48.0 Å². The van der Waals surface area contributed by atoms with E-state index >= 15 is 0 Å². The molecule has 2 heteroatoms. The summed E-state index contributed by atoms with van der Waals surface area (Å²) in [5.74, 6) is 5.57. The van der Waals surface area contributed by atoms with Crippen LogP contribution in [-0.4, -0.2) is 11.1 Å². The highest BCUT2D eigenvalue weighted by atomic mass is 16.4. The molecule has 0 amide bonds. The van der Waals surface area contributed by atoms with Gasteiger partial charge >= 0.3 is 5.97 Å². The van der Waals surface area contributed by atoms with Crippen molar-refractivity contribution in [3.63, 3.8) is 0 Å². The lowest BCUT2D eigenvalue weighted by Crippen LogP contribution is -1.91. The van der Waals surface area contributed by atoms with Crippen LogP contribution in [0.4, 0.5) is 0 Å². The first-order valence-electron chi connectivity index (χ1n) is 10.4. The fourth-order valence-corrected chi connectivity index (χ4v) is 2.84. The smallest absolute Gasteiger partial charge is 0.303 e. The first-order chi connectivity index (χ1) is 13.1. The molecule has 0 atom stereocenters. The maximum Gasteiger partial charge on any atom is 0.303 e. The summed E-state index contributed by atoms with van der Waals surface area (Å²) >= 11 is 0. The second-order valence-electron chi connectivity index (χ2n) is 6.85. The fourth-order valence-electron chi connectivity index (χ4n) is 2.84. The highest BCUT2D eigenvalue weighted by Gasteiger charge is 2.10. The van der Waals surface area contributed by atoms with E-state index in [-0.39, 0.29) is 0 Å². The van der Waals surface area contributed by atoms with Crippen molar-refractivity contribution in [1.82, 2.24) is 0 Å². The van der Waals surface area contributed by atoms with Crippen molar-refractivity contribution in [3.8, 4) is 11.8 Å². The van der Waals surface area contributed by atoms with Crippen LogP contribution >= 0.6 is 0 Å². The van der Waals surface area contributed by atoms with Gasteiger partial charge in [0.2, 0.25) is 0 Å². The lowest BCUT2D eigenvalue weighted by molar-refractivity contribution is -0.137. The number of allylic oxidation sites excluding steroid dienone is 2. The Morgan fingerprint density at radius 3 is 2.22 bits per heavy atom. The van der Waals surface area contributed by atoms with Crippen LogP contribution in [0.5, 0.6) is 0 Å². The topological polar surface area (TPSA) is 37.3 Å². The lowest BCUT2D eigenvalue weighted by atomic mass is 10.1. The summed E-state index contributed by atoms with van der Waals surface area (Å²) in [6.45, 7) is 5.61. The quantitative estimate of drug-likeness (QED) is 0.302. The predicted octanol–water partition coefficient (Wildman–Crippen LogP) is 7.05. The maximum atomic E-state index is 9.76. The molecule has 0 bridgehead atoms. The van der Waals surface area contributed by atoms with Crippen LogP contribution in [0.25, 0.3) is 0 Å². The van der Waals surface area contributed by atoms with Gasteiger partial charge in [0, 0.05) is 6.42 Å². The van der Waals surface area contributed by atoms with Gasteiger partial charge in [-0.1, -0.05) is 68.7 Å². The first-order valence-corrected chi connectivity index (χ1v) is 10.4. The number of carboxylic acids is 1. The Labute approximate surface area is 167 Å². The molecule has 1 aromatic rings. The molecule has 2 nitrogen and oxygen atoms in total. The monoisotopic (exact) mass is 370 g/mol. The van der Waals surface area contributed by atoms with Crippen molar-refractivity contribution in [2.45, 2.75) is 85.0 Å². The first kappa shape index (κ1) is 25.0. The average Bonchev–Trinajstić information content (AvgIpc) is 3.21. The minimum atomic E-state index is -0.693. The molecule has 0 radical (unpaired) electrons. The number of benzene rings is 1. The molecule has 1 aromatic carbocycles. The van der Waals surface area contributed by atoms with Gasteiger partial charge in [-0.3, -0.25) is 4.79 Å². The minimum absolute atomic E-state index is 0.316. The van der Waals surface area contributed by atoms with Crippen LogP contribution in [0.1, 0.15) is 84.1 Å². The number of unbranched alkanes of at least 4 members (excludes halogenated alkanes) is 2. The van der Waals surface area contributed by atoms with Crippen LogP contribution in [0.2, 0.25) is 0 Å². The fraction of sp³-hybridized carbons (Fsp3) is 0.560. The zero-order valence-corrected chi connectivity index (χ0v) is 17.5. The Morgan fingerprint density at radius 1 is 1.11 bits per heavy atom. The van der Waals surface area contributed by atoms with E-state index in [0.29, 0.717) is 6.42 Å². The van der Waals surface area contributed by atoms with E-state index in [4.69, 9.17) is 5.11 Å². The van der Waals surface area contributed by atoms with E-state index in [1.807, 2.05) is 20.8 Å². The summed E-state index contributed by atoms with van der Waals surface area (Å²) in [5, 5.41) is 8.04. The number of hydrogen-bond donors (Lipinski definition) is 1. The zero-order valence-electron chi connectivity index (χ0n) is 17.5. The standard InChI is InChI=1S/C16H22.C5H10O2.C4H6/c1-3-9-15(10-4-1)11-5-2-6-12-16-13-7-8-14-16;1-2-3-4-5(6)7;1-3-4-2/h1,3-4,6,9-10,12,16H,2,5,7-8,11,13-14H2;2-4H2,1H3,(H,6,7);1-2H3/b12-6+;;. The van der Waals surface area contributed by atoms with Crippen LogP contribution in [0.15, 0.2) is 42.5 Å². The second-order valence-corrected chi connectivity index (χ2v) is 6.85. The molecule has 27 heavy (non-hydrogen) atoms. The van der Waals surface area contributed by atoms with Gasteiger partial charge in [-0.05, 0) is 63.9 Å². The normalized spacial score (nSPS) is 13.0. The minimum Gasteiger partial charge on any atom is -0.481 e. The Hall–Kier alpha value is -2.01. The van der Waals surface area contributed by atoms with Gasteiger partial charge in [0.15, 0.2) is 0 Å². The molecular formula is C25H38O2. The number of aliphatic carboxylic acids is 1. The van der Waals surface area contributed by atoms with E-state index in [0.717, 1.165) is 18.8 Å². The van der Waals surface area contributed by atoms with Crippen LogP contribution in [0.3, 0.4) is 0 Å². The third-order valence-corrected chi connectivity index (χ3v) is 4.48. The molecule has 1 aliphatic rings. The highest BCUT2D eigenvalue weighted by Crippen LogP contribution is 2.25. The summed E-state index contributed by atoms with van der Waals surface area (Å²) in [6, 6.07) is 10.8. The number of carboxylic acid groups (broad SMARTS) is 1. The van der Waals surface area contributed by atoms with Crippen molar-refractivity contribution in [1.29, 1.82) is 0 Å². The molecule has 0 spiro atoms. The van der Waals surface area contributed by atoms with Gasteiger partial charge in [0.05, 0.1) is 0 Å². The Balaban J connectivity index is 0.000000514. The second kappa shape index (κ2) is 18.8. The number of carbonyl (C=O) groups is 1. The molecule has 2 rings (SSSR count). The van der Waals surface area contributed by atoms with Crippen molar-refractivity contribution in [2.75, 3.05) is 0 Å². The third-order valence-electron chi connectivity index (χ3n) is 4.48. The Bertz CT molecular complexity index is 537. The van der Waals surface area contributed by atoms with E-state index in [9.17, 15) is 4.79 Å². The number of rotatable bonds is 8. The van der Waals surface area contributed by atoms with Gasteiger partial charge in [-0.2, -0.15) is 0 Å². The number of hydrogen-bond acceptors (Lipinski definition) is 1. The van der Waals surface area contributed by atoms with Gasteiger partial charge < -0.3 is 5.11 Å². The summed E-state index contributed by atoms with van der Waals surface area (Å²) in [4.78, 5) is 9.76. The van der Waals surface area contributed by atoms with Gasteiger partial charge in [0.1, 0.15) is 0 Å². The van der Waals surface area contributed by atoms with E-state index in [1.165, 1.54) is 50.5 Å². The van der Waals surface area contributed by atoms with Gasteiger partial charge in [0.25, 0.3) is 0 Å². The molecule has 0 saturated heterocycles. The average molecular weight is 371 g/mol.